The highest BCUT2D eigenvalue weighted by molar-refractivity contribution is 5.66. The minimum atomic E-state index is -0.373. The summed E-state index contributed by atoms with van der Waals surface area (Å²) in [7, 11) is 3.27. The van der Waals surface area contributed by atoms with Crippen molar-refractivity contribution in [1.29, 1.82) is 0 Å². The van der Waals surface area contributed by atoms with Crippen molar-refractivity contribution in [2.45, 2.75) is 0 Å². The van der Waals surface area contributed by atoms with Gasteiger partial charge in [0.05, 0.1) is 5.69 Å². The Hall–Kier alpha value is -2.50. The zero-order chi connectivity index (χ0) is 14.4. The van der Waals surface area contributed by atoms with E-state index in [9.17, 15) is 4.79 Å². The van der Waals surface area contributed by atoms with E-state index in [1.54, 1.807) is 25.0 Å². The number of carbonyl (C=O) groups is 1. The molecule has 0 saturated heterocycles. The van der Waals surface area contributed by atoms with Crippen LogP contribution in [0, 0.1) is 0 Å². The molecule has 1 heterocycles. The van der Waals surface area contributed by atoms with Crippen LogP contribution >= 0.6 is 0 Å². The molecule has 6 heteroatoms. The van der Waals surface area contributed by atoms with Crippen molar-refractivity contribution in [2.24, 2.45) is 0 Å². The highest BCUT2D eigenvalue weighted by Crippen LogP contribution is 2.14. The van der Waals surface area contributed by atoms with Crippen LogP contribution in [0.25, 0.3) is 5.69 Å². The largest absolute Gasteiger partial charge is 0.490 e. The van der Waals surface area contributed by atoms with Crippen molar-refractivity contribution >= 4 is 6.09 Å². The van der Waals surface area contributed by atoms with Crippen LogP contribution in [-0.2, 0) is 4.74 Å². The Morgan fingerprint density at radius 2 is 2.00 bits per heavy atom. The second-order valence-electron chi connectivity index (χ2n) is 4.30. The molecule has 0 radical (unpaired) electrons. The number of benzene rings is 1. The van der Waals surface area contributed by atoms with E-state index in [0.29, 0.717) is 6.61 Å². The first-order valence-electron chi connectivity index (χ1n) is 6.24. The lowest BCUT2D eigenvalue weighted by Crippen LogP contribution is -2.24. The second kappa shape index (κ2) is 6.60. The standard InChI is InChI=1S/C14H17N3O3/c1-16(2)14(18)20-11-10-19-13-6-4-12(5-7-13)17-9-3-8-15-17/h3-9H,10-11H2,1-2H3. The summed E-state index contributed by atoms with van der Waals surface area (Å²) in [5.41, 5.74) is 0.960. The zero-order valence-corrected chi connectivity index (χ0v) is 11.5. The SMILES string of the molecule is CN(C)C(=O)OCCOc1ccc(-n2cccn2)cc1. The van der Waals surface area contributed by atoms with E-state index in [2.05, 4.69) is 5.10 Å². The lowest BCUT2D eigenvalue weighted by atomic mass is 10.3. The average Bonchev–Trinajstić information content (AvgIpc) is 2.98. The molecule has 2 rings (SSSR count). The summed E-state index contributed by atoms with van der Waals surface area (Å²) in [5.74, 6) is 0.724. The molecule has 0 saturated carbocycles. The fraction of sp³-hybridized carbons (Fsp3) is 0.286. The normalized spacial score (nSPS) is 10.1. The molecule has 0 bridgehead atoms. The number of hydrogen-bond donors (Lipinski definition) is 0. The van der Waals surface area contributed by atoms with Gasteiger partial charge >= 0.3 is 6.09 Å². The molecule has 1 amide bonds. The summed E-state index contributed by atoms with van der Waals surface area (Å²) in [6.45, 7) is 0.540. The molecular weight excluding hydrogens is 258 g/mol. The van der Waals surface area contributed by atoms with Crippen molar-refractivity contribution in [3.63, 3.8) is 0 Å². The summed E-state index contributed by atoms with van der Waals surface area (Å²) in [5, 5.41) is 4.14. The molecule has 2 aromatic rings. The molecule has 0 fully saturated rings. The van der Waals surface area contributed by atoms with Crippen LogP contribution < -0.4 is 4.74 Å². The van der Waals surface area contributed by atoms with Gasteiger partial charge in [-0.3, -0.25) is 0 Å². The van der Waals surface area contributed by atoms with Gasteiger partial charge in [-0.2, -0.15) is 5.10 Å². The molecule has 0 spiro atoms. The smallest absolute Gasteiger partial charge is 0.409 e. The van der Waals surface area contributed by atoms with Gasteiger partial charge in [-0.1, -0.05) is 0 Å². The van der Waals surface area contributed by atoms with E-state index in [4.69, 9.17) is 9.47 Å². The number of aromatic nitrogens is 2. The molecule has 1 aromatic heterocycles. The lowest BCUT2D eigenvalue weighted by Gasteiger charge is -2.11. The molecular formula is C14H17N3O3. The van der Waals surface area contributed by atoms with E-state index in [0.717, 1.165) is 11.4 Å². The third kappa shape index (κ3) is 3.74. The van der Waals surface area contributed by atoms with Crippen molar-refractivity contribution in [2.75, 3.05) is 27.3 Å². The van der Waals surface area contributed by atoms with Gasteiger partial charge in [-0.05, 0) is 30.3 Å². The Labute approximate surface area is 117 Å². The van der Waals surface area contributed by atoms with Crippen LogP contribution in [0.1, 0.15) is 0 Å². The Morgan fingerprint density at radius 1 is 1.25 bits per heavy atom. The molecule has 0 aliphatic carbocycles. The molecule has 1 aromatic carbocycles. The number of ether oxygens (including phenoxy) is 2. The van der Waals surface area contributed by atoms with Gasteiger partial charge in [0, 0.05) is 26.5 Å². The van der Waals surface area contributed by atoms with Crippen molar-refractivity contribution in [3.05, 3.63) is 42.7 Å². The predicted molar refractivity (Wildman–Crippen MR) is 74.1 cm³/mol. The lowest BCUT2D eigenvalue weighted by molar-refractivity contribution is 0.102. The number of nitrogens with zero attached hydrogens (tertiary/aromatic N) is 3. The van der Waals surface area contributed by atoms with Crippen LogP contribution in [0.3, 0.4) is 0 Å². The monoisotopic (exact) mass is 275 g/mol. The maximum atomic E-state index is 11.2. The van der Waals surface area contributed by atoms with Crippen LogP contribution in [-0.4, -0.2) is 48.1 Å². The van der Waals surface area contributed by atoms with Gasteiger partial charge in [0.25, 0.3) is 0 Å². The molecule has 20 heavy (non-hydrogen) atoms. The minimum absolute atomic E-state index is 0.220. The highest BCUT2D eigenvalue weighted by Gasteiger charge is 2.04. The van der Waals surface area contributed by atoms with Crippen molar-refractivity contribution in [3.8, 4) is 11.4 Å². The maximum Gasteiger partial charge on any atom is 0.409 e. The molecule has 106 valence electrons. The predicted octanol–water partition coefficient (Wildman–Crippen LogP) is 1.95. The summed E-state index contributed by atoms with van der Waals surface area (Å²) >= 11 is 0. The van der Waals surface area contributed by atoms with Crippen LogP contribution in [0.15, 0.2) is 42.7 Å². The van der Waals surface area contributed by atoms with E-state index in [-0.39, 0.29) is 12.7 Å². The van der Waals surface area contributed by atoms with Crippen molar-refractivity contribution < 1.29 is 14.3 Å². The third-order valence-corrected chi connectivity index (χ3v) is 2.55. The first-order valence-corrected chi connectivity index (χ1v) is 6.24. The zero-order valence-electron chi connectivity index (χ0n) is 11.5. The fourth-order valence-corrected chi connectivity index (χ4v) is 1.53. The number of carbonyl (C=O) groups excluding carboxylic acids is 1. The molecule has 0 atom stereocenters. The second-order valence-corrected chi connectivity index (χ2v) is 4.30. The van der Waals surface area contributed by atoms with Crippen LogP contribution in [0.4, 0.5) is 4.79 Å². The minimum Gasteiger partial charge on any atom is -0.490 e. The summed E-state index contributed by atoms with van der Waals surface area (Å²) in [6.07, 6.45) is 3.22. The molecule has 0 unspecified atom stereocenters. The van der Waals surface area contributed by atoms with Crippen LogP contribution in [0.5, 0.6) is 5.75 Å². The number of hydrogen-bond acceptors (Lipinski definition) is 4. The first kappa shape index (κ1) is 13.9. The Morgan fingerprint density at radius 3 is 2.60 bits per heavy atom. The summed E-state index contributed by atoms with van der Waals surface area (Å²) in [6, 6.07) is 9.39. The summed E-state index contributed by atoms with van der Waals surface area (Å²) in [4.78, 5) is 12.5. The van der Waals surface area contributed by atoms with Gasteiger partial charge in [0.15, 0.2) is 0 Å². The van der Waals surface area contributed by atoms with Gasteiger partial charge in [0.2, 0.25) is 0 Å². The maximum absolute atomic E-state index is 11.2. The van der Waals surface area contributed by atoms with Gasteiger partial charge in [0.1, 0.15) is 19.0 Å². The highest BCUT2D eigenvalue weighted by atomic mass is 16.6. The molecule has 0 aliphatic rings. The Bertz CT molecular complexity index is 535. The van der Waals surface area contributed by atoms with E-state index >= 15 is 0 Å². The topological polar surface area (TPSA) is 56.6 Å². The van der Waals surface area contributed by atoms with Crippen LogP contribution in [0.2, 0.25) is 0 Å². The van der Waals surface area contributed by atoms with E-state index < -0.39 is 0 Å². The molecule has 0 aliphatic heterocycles. The van der Waals surface area contributed by atoms with Crippen molar-refractivity contribution in [1.82, 2.24) is 14.7 Å². The van der Waals surface area contributed by atoms with E-state index in [1.807, 2.05) is 36.5 Å². The summed E-state index contributed by atoms with van der Waals surface area (Å²) < 4.78 is 12.2. The van der Waals surface area contributed by atoms with E-state index in [1.165, 1.54) is 4.90 Å². The number of rotatable bonds is 5. The Kier molecular flexibility index (Phi) is 4.60. The first-order chi connectivity index (χ1) is 9.66. The van der Waals surface area contributed by atoms with Gasteiger partial charge < -0.3 is 14.4 Å². The average molecular weight is 275 g/mol. The van der Waals surface area contributed by atoms with Gasteiger partial charge in [-0.25, -0.2) is 9.48 Å². The number of amides is 1. The third-order valence-electron chi connectivity index (χ3n) is 2.55. The van der Waals surface area contributed by atoms with Gasteiger partial charge in [-0.15, -0.1) is 0 Å². The molecule has 0 N–H and O–H groups in total. The molecule has 6 nitrogen and oxygen atoms in total. The quantitative estimate of drug-likeness (QED) is 0.783. The fourth-order valence-electron chi connectivity index (χ4n) is 1.53. The Balaban J connectivity index is 1.78.